The number of nitrogens with zero attached hydrogens (tertiary/aromatic N) is 2. The normalized spacial score (nSPS) is 11.3. The zero-order valence-electron chi connectivity index (χ0n) is 19.2. The zero-order valence-corrected chi connectivity index (χ0v) is 22.4. The Kier molecular flexibility index (Phi) is 7.67. The largest absolute Gasteiger partial charge is 0.497 e. The van der Waals surface area contributed by atoms with E-state index in [1.807, 2.05) is 0 Å². The molecule has 0 saturated heterocycles. The first-order valence-electron chi connectivity index (χ1n) is 10.6. The molecule has 1 heterocycles. The van der Waals surface area contributed by atoms with Crippen LogP contribution in [0.2, 0.25) is 0 Å². The van der Waals surface area contributed by atoms with Gasteiger partial charge >= 0.3 is 0 Å². The van der Waals surface area contributed by atoms with Crippen molar-refractivity contribution >= 4 is 71.9 Å². The molecule has 0 unspecified atom stereocenters. The molecule has 0 bridgehead atoms. The Bertz CT molecular complexity index is 1540. The molecule has 0 aliphatic heterocycles. The number of fused-ring (bicyclic) bond motifs is 1. The Morgan fingerprint density at radius 3 is 2.25 bits per heavy atom. The average Bonchev–Trinajstić information content (AvgIpc) is 3.22. The first kappa shape index (κ1) is 25.7. The highest BCUT2D eigenvalue weighted by Gasteiger charge is 2.25. The summed E-state index contributed by atoms with van der Waals surface area (Å²) in [6, 6.07) is 17.9. The van der Waals surface area contributed by atoms with Gasteiger partial charge in [-0.05, 0) is 60.7 Å². The van der Waals surface area contributed by atoms with Crippen molar-refractivity contribution in [1.82, 2.24) is 8.96 Å². The Morgan fingerprint density at radius 1 is 1.00 bits per heavy atom. The van der Waals surface area contributed by atoms with E-state index in [2.05, 4.69) is 31.5 Å². The van der Waals surface area contributed by atoms with Crippen molar-refractivity contribution in [2.24, 2.45) is 0 Å². The van der Waals surface area contributed by atoms with Crippen LogP contribution in [0, 0.1) is 0 Å². The van der Waals surface area contributed by atoms with Crippen LogP contribution in [-0.2, 0) is 19.6 Å². The van der Waals surface area contributed by atoms with E-state index < -0.39 is 10.0 Å². The second kappa shape index (κ2) is 10.7. The molecular formula is C24H21BrN4O5S2. The lowest BCUT2D eigenvalue weighted by molar-refractivity contribution is -0.114. The van der Waals surface area contributed by atoms with E-state index >= 15 is 0 Å². The van der Waals surface area contributed by atoms with Gasteiger partial charge in [0.1, 0.15) is 5.75 Å². The van der Waals surface area contributed by atoms with Gasteiger partial charge in [0.25, 0.3) is 10.0 Å². The molecule has 0 aliphatic carbocycles. The molecule has 1 aromatic heterocycles. The first-order chi connectivity index (χ1) is 17.2. The molecule has 12 heteroatoms. The number of halogens is 1. The maximum atomic E-state index is 13.6. The highest BCUT2D eigenvalue weighted by Crippen LogP contribution is 2.31. The number of hydrogen-bond donors (Lipinski definition) is 2. The van der Waals surface area contributed by atoms with E-state index in [4.69, 9.17) is 4.74 Å². The smallest absolute Gasteiger partial charge is 0.270 e. The highest BCUT2D eigenvalue weighted by atomic mass is 79.9. The fourth-order valence-corrected chi connectivity index (χ4v) is 6.11. The van der Waals surface area contributed by atoms with Crippen LogP contribution in [0.5, 0.6) is 5.75 Å². The van der Waals surface area contributed by atoms with E-state index in [9.17, 15) is 18.0 Å². The lowest BCUT2D eigenvalue weighted by Gasteiger charge is -2.11. The third-order valence-corrected chi connectivity index (χ3v) is 8.27. The third kappa shape index (κ3) is 5.72. The SMILES string of the molecule is COc1ccc2nc(SCC(=O)Nc3ccc(NC(C)=O)cc3)n(S(=O)(=O)c3ccc(Br)cc3)c2c1. The van der Waals surface area contributed by atoms with Gasteiger partial charge in [0.05, 0.1) is 28.8 Å². The number of methoxy groups -OCH3 is 1. The number of rotatable bonds is 8. The minimum absolute atomic E-state index is 0.0796. The molecule has 0 atom stereocenters. The maximum Gasteiger partial charge on any atom is 0.270 e. The topological polar surface area (TPSA) is 119 Å². The van der Waals surface area contributed by atoms with Crippen molar-refractivity contribution in [3.63, 3.8) is 0 Å². The van der Waals surface area contributed by atoms with Gasteiger partial charge in [-0.15, -0.1) is 0 Å². The van der Waals surface area contributed by atoms with Gasteiger partial charge in [-0.25, -0.2) is 17.4 Å². The molecule has 0 radical (unpaired) electrons. The van der Waals surface area contributed by atoms with Gasteiger partial charge in [0, 0.05) is 28.8 Å². The fourth-order valence-electron chi connectivity index (χ4n) is 3.34. The van der Waals surface area contributed by atoms with E-state index in [1.165, 1.54) is 26.2 Å². The van der Waals surface area contributed by atoms with Crippen molar-refractivity contribution in [2.45, 2.75) is 17.0 Å². The molecule has 0 fully saturated rings. The molecule has 0 aliphatic rings. The molecule has 2 amide bonds. The number of carbonyl (C=O) groups excluding carboxylic acids is 2. The maximum absolute atomic E-state index is 13.6. The zero-order chi connectivity index (χ0) is 25.9. The van der Waals surface area contributed by atoms with Crippen LogP contribution in [0.4, 0.5) is 11.4 Å². The number of benzene rings is 3. The van der Waals surface area contributed by atoms with E-state index in [0.717, 1.165) is 20.2 Å². The van der Waals surface area contributed by atoms with Crippen molar-refractivity contribution in [2.75, 3.05) is 23.5 Å². The molecule has 2 N–H and O–H groups in total. The van der Waals surface area contributed by atoms with Crippen molar-refractivity contribution < 1.29 is 22.7 Å². The van der Waals surface area contributed by atoms with Gasteiger partial charge in [0.15, 0.2) is 5.16 Å². The monoisotopic (exact) mass is 588 g/mol. The van der Waals surface area contributed by atoms with Crippen LogP contribution >= 0.6 is 27.7 Å². The molecular weight excluding hydrogens is 568 g/mol. The Balaban J connectivity index is 1.61. The lowest BCUT2D eigenvalue weighted by atomic mass is 10.3. The number of anilines is 2. The molecule has 4 rings (SSSR count). The summed E-state index contributed by atoms with van der Waals surface area (Å²) in [7, 11) is -2.53. The van der Waals surface area contributed by atoms with E-state index in [0.29, 0.717) is 28.2 Å². The van der Waals surface area contributed by atoms with Gasteiger partial charge in [-0.2, -0.15) is 0 Å². The minimum Gasteiger partial charge on any atom is -0.497 e. The Hall–Kier alpha value is -3.35. The summed E-state index contributed by atoms with van der Waals surface area (Å²) in [6.07, 6.45) is 0. The Morgan fingerprint density at radius 2 is 1.64 bits per heavy atom. The quantitative estimate of drug-likeness (QED) is 0.285. The number of aromatic nitrogens is 2. The van der Waals surface area contributed by atoms with Crippen molar-refractivity contribution in [1.29, 1.82) is 0 Å². The number of nitrogens with one attached hydrogen (secondary N) is 2. The molecule has 36 heavy (non-hydrogen) atoms. The van der Waals surface area contributed by atoms with E-state index in [1.54, 1.807) is 54.6 Å². The summed E-state index contributed by atoms with van der Waals surface area (Å²) in [5, 5.41) is 5.56. The van der Waals surface area contributed by atoms with E-state index in [-0.39, 0.29) is 27.6 Å². The summed E-state index contributed by atoms with van der Waals surface area (Å²) in [4.78, 5) is 28.3. The van der Waals surface area contributed by atoms with Crippen molar-refractivity contribution in [3.05, 3.63) is 71.2 Å². The summed E-state index contributed by atoms with van der Waals surface area (Å²) >= 11 is 4.32. The summed E-state index contributed by atoms with van der Waals surface area (Å²) in [5.41, 5.74) is 1.94. The minimum atomic E-state index is -4.03. The van der Waals surface area contributed by atoms with Crippen LogP contribution in [0.1, 0.15) is 6.92 Å². The molecule has 0 saturated carbocycles. The number of hydrogen-bond acceptors (Lipinski definition) is 7. The molecule has 4 aromatic rings. The number of amides is 2. The van der Waals surface area contributed by atoms with Gasteiger partial charge < -0.3 is 15.4 Å². The molecule has 186 valence electrons. The molecule has 9 nitrogen and oxygen atoms in total. The summed E-state index contributed by atoms with van der Waals surface area (Å²) in [5.74, 6) is -0.137. The van der Waals surface area contributed by atoms with Crippen LogP contribution < -0.4 is 15.4 Å². The number of thioether (sulfide) groups is 1. The standard InChI is InChI=1S/C24H21BrN4O5S2/c1-15(30)26-17-5-7-18(8-6-17)27-23(31)14-35-24-28-21-12-9-19(34-2)13-22(21)29(24)36(32,33)20-10-3-16(25)4-11-20/h3-13H,14H2,1-2H3,(H,26,30)(H,27,31). The summed E-state index contributed by atoms with van der Waals surface area (Å²) in [6.45, 7) is 1.41. The summed E-state index contributed by atoms with van der Waals surface area (Å²) < 4.78 is 34.4. The number of carbonyl (C=O) groups is 2. The van der Waals surface area contributed by atoms with Crippen LogP contribution in [0.3, 0.4) is 0 Å². The lowest BCUT2D eigenvalue weighted by Crippen LogP contribution is -2.17. The highest BCUT2D eigenvalue weighted by molar-refractivity contribution is 9.10. The third-order valence-electron chi connectivity index (χ3n) is 4.96. The number of imidazole rings is 1. The van der Waals surface area contributed by atoms with Gasteiger partial charge in [-0.3, -0.25) is 9.59 Å². The fraction of sp³-hybridized carbons (Fsp3) is 0.125. The Labute approximate surface area is 220 Å². The predicted molar refractivity (Wildman–Crippen MR) is 143 cm³/mol. The second-order valence-corrected chi connectivity index (χ2v) is 11.2. The average molecular weight is 589 g/mol. The van der Waals surface area contributed by atoms with Gasteiger partial charge in [-0.1, -0.05) is 27.7 Å². The van der Waals surface area contributed by atoms with Crippen LogP contribution in [0.25, 0.3) is 11.0 Å². The van der Waals surface area contributed by atoms with Crippen LogP contribution in [-0.4, -0.2) is 42.1 Å². The van der Waals surface area contributed by atoms with Gasteiger partial charge in [0.2, 0.25) is 11.8 Å². The van der Waals surface area contributed by atoms with Crippen LogP contribution in [0.15, 0.2) is 81.3 Å². The second-order valence-electron chi connectivity index (χ2n) is 7.57. The van der Waals surface area contributed by atoms with Crippen molar-refractivity contribution in [3.8, 4) is 5.75 Å². The number of ether oxygens (including phenoxy) is 1. The molecule has 3 aromatic carbocycles. The molecule has 0 spiro atoms. The first-order valence-corrected chi connectivity index (χ1v) is 13.8. The predicted octanol–water partition coefficient (Wildman–Crippen LogP) is 4.73.